The number of ether oxygens (including phenoxy) is 10. The summed E-state index contributed by atoms with van der Waals surface area (Å²) in [5.74, 6) is 1.21. The lowest BCUT2D eigenvalue weighted by molar-refractivity contribution is -0.129. The van der Waals surface area contributed by atoms with E-state index in [0.717, 1.165) is 103 Å². The van der Waals surface area contributed by atoms with E-state index < -0.39 is 40.2 Å². The highest BCUT2D eigenvalue weighted by Gasteiger charge is 2.44. The molecule has 3 aliphatic heterocycles. The molecule has 6 atom stereocenters. The lowest BCUT2D eigenvalue weighted by atomic mass is 9.75. The Hall–Kier alpha value is -4.87. The lowest BCUT2D eigenvalue weighted by Crippen LogP contribution is -2.64. The molecule has 0 bridgehead atoms. The normalized spacial score (nSPS) is 24.9. The molecule has 3 saturated heterocycles. The van der Waals surface area contributed by atoms with E-state index in [1.54, 1.807) is 24.0 Å². The molecule has 23 heteroatoms. The smallest absolute Gasteiger partial charge is 0.410 e. The van der Waals surface area contributed by atoms with E-state index >= 15 is 0 Å². The van der Waals surface area contributed by atoms with Crippen molar-refractivity contribution in [1.29, 1.82) is 0 Å². The molecule has 94 heavy (non-hydrogen) atoms. The highest BCUT2D eigenvalue weighted by Crippen LogP contribution is 2.34. The third kappa shape index (κ3) is 32.0. The summed E-state index contributed by atoms with van der Waals surface area (Å²) in [7, 11) is 3.12. The van der Waals surface area contributed by atoms with Crippen LogP contribution in [-0.4, -0.2) is 210 Å². The highest BCUT2D eigenvalue weighted by atomic mass is 16.6. The number of ketones is 1. The fourth-order valence-corrected chi connectivity index (χ4v) is 11.4. The van der Waals surface area contributed by atoms with E-state index in [1.165, 1.54) is 0 Å². The molecule has 2 saturated carbocycles. The summed E-state index contributed by atoms with van der Waals surface area (Å²) in [5, 5.41) is 5.86. The van der Waals surface area contributed by atoms with Crippen LogP contribution in [0.1, 0.15) is 250 Å². The molecule has 548 valence electrons. The molecular formula is C71H132N6O17. The predicted molar refractivity (Wildman–Crippen MR) is 365 cm³/mol. The van der Waals surface area contributed by atoms with Crippen molar-refractivity contribution in [3.05, 3.63) is 0 Å². The summed E-state index contributed by atoms with van der Waals surface area (Å²) < 4.78 is 54.6. The monoisotopic (exact) mass is 1340 g/mol. The minimum absolute atomic E-state index is 0.0356. The van der Waals surface area contributed by atoms with Crippen LogP contribution in [0.5, 0.6) is 0 Å². The third-order valence-corrected chi connectivity index (χ3v) is 17.7. The van der Waals surface area contributed by atoms with E-state index in [1.807, 2.05) is 176 Å². The molecule has 3 heterocycles. The first-order valence-corrected chi connectivity index (χ1v) is 35.0. The molecule has 5 aliphatic rings. The Bertz CT molecular complexity index is 2190. The molecule has 5 fully saturated rings. The van der Waals surface area contributed by atoms with Gasteiger partial charge in [0.15, 0.2) is 0 Å². The minimum Gasteiger partial charge on any atom is -0.444 e. The summed E-state index contributed by atoms with van der Waals surface area (Å²) in [6.45, 7) is 49.6. The van der Waals surface area contributed by atoms with E-state index in [2.05, 4.69) is 10.6 Å². The number of morpholine rings is 1. The van der Waals surface area contributed by atoms with Crippen LogP contribution in [0.2, 0.25) is 0 Å². The van der Waals surface area contributed by atoms with Gasteiger partial charge >= 0.3 is 36.6 Å². The Labute approximate surface area is 567 Å². The van der Waals surface area contributed by atoms with E-state index in [0.29, 0.717) is 11.7 Å². The fraction of sp³-hybridized carbons (Fsp3) is 0.901. The number of hydrogen-bond acceptors (Lipinski definition) is 17. The second kappa shape index (κ2) is 38.3. The van der Waals surface area contributed by atoms with Gasteiger partial charge < -0.3 is 62.9 Å². The van der Waals surface area contributed by atoms with Gasteiger partial charge in [0.1, 0.15) is 39.4 Å². The second-order valence-electron chi connectivity index (χ2n) is 31.8. The molecule has 6 amide bonds. The van der Waals surface area contributed by atoms with Gasteiger partial charge in [-0.2, -0.15) is 0 Å². The fourth-order valence-electron chi connectivity index (χ4n) is 11.4. The van der Waals surface area contributed by atoms with Gasteiger partial charge in [0.05, 0.1) is 49.6 Å². The first kappa shape index (κ1) is 85.2. The van der Waals surface area contributed by atoms with Crippen LogP contribution >= 0.6 is 0 Å². The first-order valence-electron chi connectivity index (χ1n) is 35.0. The molecule has 2 N–H and O–H groups in total. The number of piperazine rings is 1. The average molecular weight is 1340 g/mol. The van der Waals surface area contributed by atoms with E-state index in [9.17, 15) is 33.6 Å². The first-order chi connectivity index (χ1) is 43.2. The summed E-state index contributed by atoms with van der Waals surface area (Å²) in [6, 6.07) is -0.232. The van der Waals surface area contributed by atoms with E-state index in [4.69, 9.17) is 47.4 Å². The molecule has 5 rings (SSSR count). The van der Waals surface area contributed by atoms with Crippen molar-refractivity contribution in [2.75, 3.05) is 60.3 Å². The standard InChI is InChI=1S/C23H40N2O5.C18H34N2O6.C16H31NO3.C14H27NO3/c1-22(2,3)29-20(27)24-17-11-7-15(8-12-17)19(26)16-9-13-18(14-10-16)25-21(28)30-23(4,5)6;1-17(2,3)25-15(21)19-9-14(12-24-8)20(10-13(19)11-23-7)16(22)26-18(4,5)6;1-6-16(4,5)20-15(18)17(13(2)3)10-7-14-8-11-19-12-9-14;1-8-14(6,7)18-13(16)15-9(2)11(4)17-12(5)10(15)3/h15-18H,7-14H2,1-6H3,(H,24,27)(H,25,28);13-14H,9-12H2,1-8H3;13-14H,6-12H2,1-5H3;9-12H,8H2,1-7H3. The van der Waals surface area contributed by atoms with Crippen molar-refractivity contribution in [3.8, 4) is 0 Å². The molecule has 2 aliphatic carbocycles. The van der Waals surface area contributed by atoms with Crippen molar-refractivity contribution >= 4 is 42.3 Å². The van der Waals surface area contributed by atoms with Gasteiger partial charge in [0.2, 0.25) is 0 Å². The molecule has 0 aromatic heterocycles. The van der Waals surface area contributed by atoms with Gasteiger partial charge in [-0.25, -0.2) is 28.8 Å². The predicted octanol–water partition coefficient (Wildman–Crippen LogP) is 14.3. The Balaban J connectivity index is 0.000000435. The summed E-state index contributed by atoms with van der Waals surface area (Å²) >= 11 is 0. The molecule has 0 radical (unpaired) electrons. The zero-order valence-corrected chi connectivity index (χ0v) is 63.3. The summed E-state index contributed by atoms with van der Waals surface area (Å²) in [5.41, 5.74) is -3.02. The zero-order chi connectivity index (χ0) is 71.9. The summed E-state index contributed by atoms with van der Waals surface area (Å²) in [4.78, 5) is 93.6. The largest absolute Gasteiger partial charge is 0.444 e. The topological polar surface area (TPSA) is 249 Å². The minimum atomic E-state index is -0.603. The Morgan fingerprint density at radius 1 is 0.500 bits per heavy atom. The number of rotatable bonds is 16. The number of amides is 6. The summed E-state index contributed by atoms with van der Waals surface area (Å²) in [6.07, 6.45) is 9.44. The van der Waals surface area contributed by atoms with Gasteiger partial charge in [0.25, 0.3) is 0 Å². The SMILES string of the molecule is CC(C)(C)OC(=O)NC1CCC(C(=O)C2CCC(NC(=O)OC(C)(C)C)CC2)CC1.CCC(C)(C)OC(=O)N(CCC1CCOCC1)C(C)C.CCC(C)(C)OC(=O)N1C(C)C(C)OC(C)C1C.COCC1CN(C(=O)OC(C)(C)C)C(COC)CN1C(=O)OC(C)(C)C. The third-order valence-electron chi connectivity index (χ3n) is 17.7. The van der Waals surface area contributed by atoms with Crippen molar-refractivity contribution in [2.24, 2.45) is 17.8 Å². The number of methoxy groups -OCH3 is 2. The van der Waals surface area contributed by atoms with Crippen LogP contribution in [0, 0.1) is 17.8 Å². The van der Waals surface area contributed by atoms with E-state index in [-0.39, 0.29) is 123 Å². The van der Waals surface area contributed by atoms with Gasteiger partial charge in [0, 0.05) is 77.0 Å². The van der Waals surface area contributed by atoms with Crippen molar-refractivity contribution < 1.29 is 80.9 Å². The van der Waals surface area contributed by atoms with Crippen LogP contribution in [0.3, 0.4) is 0 Å². The van der Waals surface area contributed by atoms with Crippen molar-refractivity contribution in [3.63, 3.8) is 0 Å². The molecular weight excluding hydrogens is 1210 g/mol. The van der Waals surface area contributed by atoms with Gasteiger partial charge in [-0.15, -0.1) is 0 Å². The number of Topliss-reactive ketones (excluding diaryl/α,β-unsaturated/α-hetero) is 1. The molecule has 0 aromatic rings. The number of hydrogen-bond donors (Lipinski definition) is 2. The van der Waals surface area contributed by atoms with Crippen LogP contribution in [0.25, 0.3) is 0 Å². The highest BCUT2D eigenvalue weighted by molar-refractivity contribution is 5.83. The number of alkyl carbamates (subject to hydrolysis) is 2. The number of nitrogens with one attached hydrogen (secondary N) is 2. The maximum Gasteiger partial charge on any atom is 0.410 e. The quantitative estimate of drug-likeness (QED) is 0.136. The van der Waals surface area contributed by atoms with Crippen LogP contribution in [0.15, 0.2) is 0 Å². The number of carbonyl (C=O) groups is 7. The number of nitrogens with zero attached hydrogens (tertiary/aromatic N) is 4. The zero-order valence-electron chi connectivity index (χ0n) is 63.3. The molecule has 23 nitrogen and oxygen atoms in total. The maximum absolute atomic E-state index is 13.0. The number of carbonyl (C=O) groups excluding carboxylic acids is 7. The average Bonchev–Trinajstić information content (AvgIpc) is 0.810. The molecule has 0 spiro atoms. The molecule has 6 unspecified atom stereocenters. The lowest BCUT2D eigenvalue weighted by Gasteiger charge is -2.46. The van der Waals surface area contributed by atoms with Crippen LogP contribution in [0.4, 0.5) is 28.8 Å². The van der Waals surface area contributed by atoms with Crippen molar-refractivity contribution in [1.82, 2.24) is 30.2 Å². The Morgan fingerprint density at radius 2 is 0.862 bits per heavy atom. The van der Waals surface area contributed by atoms with Gasteiger partial charge in [-0.05, 0) is 242 Å². The van der Waals surface area contributed by atoms with Crippen LogP contribution in [-0.2, 0) is 52.2 Å². The van der Waals surface area contributed by atoms with Gasteiger partial charge in [-0.1, -0.05) is 13.8 Å². The Morgan fingerprint density at radius 3 is 1.19 bits per heavy atom. The maximum atomic E-state index is 13.0. The second-order valence-corrected chi connectivity index (χ2v) is 31.8. The Kier molecular flexibility index (Phi) is 34.7. The van der Waals surface area contributed by atoms with Crippen LogP contribution < -0.4 is 10.6 Å². The molecule has 0 aromatic carbocycles. The van der Waals surface area contributed by atoms with Gasteiger partial charge in [-0.3, -0.25) is 19.5 Å². The van der Waals surface area contributed by atoms with Crippen molar-refractivity contribution in [2.45, 2.75) is 338 Å².